The zero-order valence-electron chi connectivity index (χ0n) is 9.76. The van der Waals surface area contributed by atoms with Gasteiger partial charge in [0.2, 0.25) is 0 Å². The Hall–Kier alpha value is -1.36. The maximum Gasteiger partial charge on any atom is 0.272 e. The first-order valence-corrected chi connectivity index (χ1v) is 5.60. The number of carbonyl (C=O) groups excluding carboxylic acids is 1. The lowest BCUT2D eigenvalue weighted by Gasteiger charge is -2.34. The van der Waals surface area contributed by atoms with Crippen LogP contribution in [0.25, 0.3) is 0 Å². The number of carbonyl (C=O) groups is 1. The van der Waals surface area contributed by atoms with Crippen molar-refractivity contribution in [2.45, 2.75) is 19.4 Å². The lowest BCUT2D eigenvalue weighted by Crippen LogP contribution is -2.50. The average Bonchev–Trinajstić information content (AvgIpc) is 2.67. The zero-order chi connectivity index (χ0) is 11.7. The summed E-state index contributed by atoms with van der Waals surface area (Å²) in [5.74, 6) is 0.526. The van der Waals surface area contributed by atoms with Gasteiger partial charge in [-0.2, -0.15) is 0 Å². The van der Waals surface area contributed by atoms with Gasteiger partial charge in [0.25, 0.3) is 5.91 Å². The van der Waals surface area contributed by atoms with E-state index in [1.807, 2.05) is 11.9 Å². The molecule has 88 valence electrons. The van der Waals surface area contributed by atoms with E-state index in [0.717, 1.165) is 13.0 Å². The summed E-state index contributed by atoms with van der Waals surface area (Å²) in [6.45, 7) is 3.57. The van der Waals surface area contributed by atoms with Crippen LogP contribution in [0.15, 0.2) is 12.5 Å². The molecule has 0 saturated carbocycles. The van der Waals surface area contributed by atoms with Crippen molar-refractivity contribution in [2.24, 2.45) is 18.7 Å². The summed E-state index contributed by atoms with van der Waals surface area (Å²) < 4.78 is 1.74. The molecule has 1 aromatic heterocycles. The highest BCUT2D eigenvalue weighted by molar-refractivity contribution is 5.92. The minimum atomic E-state index is 0.0300. The molecule has 2 rings (SSSR count). The highest BCUT2D eigenvalue weighted by Gasteiger charge is 2.27. The lowest BCUT2D eigenvalue weighted by molar-refractivity contribution is 0.0663. The minimum Gasteiger partial charge on any atom is -0.336 e. The van der Waals surface area contributed by atoms with Gasteiger partial charge in [0.15, 0.2) is 0 Å². The highest BCUT2D eigenvalue weighted by Crippen LogP contribution is 2.17. The van der Waals surface area contributed by atoms with Crippen LogP contribution in [0.5, 0.6) is 0 Å². The van der Waals surface area contributed by atoms with Gasteiger partial charge in [0.05, 0.1) is 12.5 Å². The number of hydrogen-bond acceptors (Lipinski definition) is 3. The van der Waals surface area contributed by atoms with Crippen LogP contribution in [-0.4, -0.2) is 39.5 Å². The fourth-order valence-corrected chi connectivity index (χ4v) is 2.01. The number of nitrogens with two attached hydrogens (primary N) is 1. The quantitative estimate of drug-likeness (QED) is 0.739. The number of aromatic nitrogens is 2. The Morgan fingerprint density at radius 1 is 1.62 bits per heavy atom. The summed E-state index contributed by atoms with van der Waals surface area (Å²) in [5, 5.41) is 0. The van der Waals surface area contributed by atoms with Gasteiger partial charge in [0, 0.05) is 26.2 Å². The molecule has 1 aromatic rings. The maximum atomic E-state index is 12.1. The summed E-state index contributed by atoms with van der Waals surface area (Å²) in [4.78, 5) is 17.9. The monoisotopic (exact) mass is 222 g/mol. The second kappa shape index (κ2) is 4.25. The minimum absolute atomic E-state index is 0.0300. The molecule has 1 aliphatic heterocycles. The van der Waals surface area contributed by atoms with Crippen LogP contribution >= 0.6 is 0 Å². The molecule has 5 heteroatoms. The van der Waals surface area contributed by atoms with Crippen molar-refractivity contribution in [3.8, 4) is 0 Å². The Balaban J connectivity index is 2.09. The smallest absolute Gasteiger partial charge is 0.272 e. The highest BCUT2D eigenvalue weighted by atomic mass is 16.2. The lowest BCUT2D eigenvalue weighted by atomic mass is 9.94. The molecule has 0 bridgehead atoms. The fraction of sp³-hybridized carbons (Fsp3) is 0.636. The van der Waals surface area contributed by atoms with E-state index in [0.29, 0.717) is 18.2 Å². The molecule has 1 aliphatic rings. The predicted octanol–water partition coefficient (Wildman–Crippen LogP) is 0.229. The van der Waals surface area contributed by atoms with E-state index in [1.54, 1.807) is 17.1 Å². The largest absolute Gasteiger partial charge is 0.336 e. The molecule has 2 heterocycles. The van der Waals surface area contributed by atoms with E-state index in [-0.39, 0.29) is 11.9 Å². The van der Waals surface area contributed by atoms with Crippen LogP contribution in [0, 0.1) is 5.92 Å². The van der Waals surface area contributed by atoms with Crippen molar-refractivity contribution in [3.05, 3.63) is 18.2 Å². The molecule has 1 fully saturated rings. The third-order valence-corrected chi connectivity index (χ3v) is 3.34. The maximum absolute atomic E-state index is 12.1. The van der Waals surface area contributed by atoms with Crippen LogP contribution in [-0.2, 0) is 7.05 Å². The molecule has 0 aromatic carbocycles. The van der Waals surface area contributed by atoms with Crippen LogP contribution in [0.2, 0.25) is 0 Å². The SMILES string of the molecule is CC1CCN(C(=O)c2cncn2C)CC1N. The van der Waals surface area contributed by atoms with E-state index >= 15 is 0 Å². The Bertz CT molecular complexity index is 387. The van der Waals surface area contributed by atoms with Crippen molar-refractivity contribution >= 4 is 5.91 Å². The third kappa shape index (κ3) is 1.95. The number of likely N-dealkylation sites (tertiary alicyclic amines) is 1. The zero-order valence-corrected chi connectivity index (χ0v) is 9.76. The van der Waals surface area contributed by atoms with E-state index in [1.165, 1.54) is 0 Å². The Labute approximate surface area is 95.2 Å². The predicted molar refractivity (Wildman–Crippen MR) is 60.9 cm³/mol. The first kappa shape index (κ1) is 11.1. The summed E-state index contributed by atoms with van der Waals surface area (Å²) >= 11 is 0. The van der Waals surface area contributed by atoms with Crippen molar-refractivity contribution < 1.29 is 4.79 Å². The topological polar surface area (TPSA) is 64.2 Å². The second-order valence-corrected chi connectivity index (χ2v) is 4.57. The van der Waals surface area contributed by atoms with Gasteiger partial charge in [-0.25, -0.2) is 4.98 Å². The van der Waals surface area contributed by atoms with Gasteiger partial charge in [-0.15, -0.1) is 0 Å². The van der Waals surface area contributed by atoms with Gasteiger partial charge in [-0.3, -0.25) is 4.79 Å². The number of nitrogens with zero attached hydrogens (tertiary/aromatic N) is 3. The third-order valence-electron chi connectivity index (χ3n) is 3.34. The van der Waals surface area contributed by atoms with Crippen LogP contribution in [0.4, 0.5) is 0 Å². The summed E-state index contributed by atoms with van der Waals surface area (Å²) in [6.07, 6.45) is 4.22. The molecule has 1 saturated heterocycles. The summed E-state index contributed by atoms with van der Waals surface area (Å²) in [6, 6.07) is 0.0888. The number of piperidine rings is 1. The summed E-state index contributed by atoms with van der Waals surface area (Å²) in [5.41, 5.74) is 6.61. The fourth-order valence-electron chi connectivity index (χ4n) is 2.01. The molecule has 0 spiro atoms. The molecular weight excluding hydrogens is 204 g/mol. The van der Waals surface area contributed by atoms with Gasteiger partial charge < -0.3 is 15.2 Å². The number of imidazole rings is 1. The average molecular weight is 222 g/mol. The van der Waals surface area contributed by atoms with Crippen molar-refractivity contribution in [3.63, 3.8) is 0 Å². The van der Waals surface area contributed by atoms with Gasteiger partial charge >= 0.3 is 0 Å². The van der Waals surface area contributed by atoms with Gasteiger partial charge in [-0.05, 0) is 12.3 Å². The second-order valence-electron chi connectivity index (χ2n) is 4.57. The molecule has 16 heavy (non-hydrogen) atoms. The molecule has 5 nitrogen and oxygen atoms in total. The number of hydrogen-bond donors (Lipinski definition) is 1. The van der Waals surface area contributed by atoms with Crippen LogP contribution in [0.1, 0.15) is 23.8 Å². The summed E-state index contributed by atoms with van der Waals surface area (Å²) in [7, 11) is 1.83. The molecule has 2 unspecified atom stereocenters. The molecule has 2 atom stereocenters. The van der Waals surface area contributed by atoms with E-state index in [2.05, 4.69) is 11.9 Å². The van der Waals surface area contributed by atoms with E-state index in [9.17, 15) is 4.79 Å². The molecule has 1 amide bonds. The van der Waals surface area contributed by atoms with E-state index < -0.39 is 0 Å². The van der Waals surface area contributed by atoms with Crippen molar-refractivity contribution in [2.75, 3.05) is 13.1 Å². The normalized spacial score (nSPS) is 25.8. The standard InChI is InChI=1S/C11H18N4O/c1-8-3-4-15(6-9(8)12)11(16)10-5-13-7-14(10)2/h5,7-9H,3-4,6,12H2,1-2H3. The first-order valence-electron chi connectivity index (χ1n) is 5.60. The molecular formula is C11H18N4O. The number of amides is 1. The van der Waals surface area contributed by atoms with Gasteiger partial charge in [0.1, 0.15) is 5.69 Å². The van der Waals surface area contributed by atoms with Gasteiger partial charge in [-0.1, -0.05) is 6.92 Å². The molecule has 0 radical (unpaired) electrons. The Kier molecular flexibility index (Phi) is 2.96. The van der Waals surface area contributed by atoms with Crippen molar-refractivity contribution in [1.82, 2.24) is 14.5 Å². The molecule has 0 aliphatic carbocycles. The van der Waals surface area contributed by atoms with E-state index in [4.69, 9.17) is 5.73 Å². The van der Waals surface area contributed by atoms with Crippen LogP contribution in [0.3, 0.4) is 0 Å². The number of aryl methyl sites for hydroxylation is 1. The Morgan fingerprint density at radius 3 is 2.94 bits per heavy atom. The van der Waals surface area contributed by atoms with Crippen LogP contribution < -0.4 is 5.73 Å². The first-order chi connectivity index (χ1) is 7.59. The van der Waals surface area contributed by atoms with Crippen molar-refractivity contribution in [1.29, 1.82) is 0 Å². The number of rotatable bonds is 1. The molecule has 2 N–H and O–H groups in total. The Morgan fingerprint density at radius 2 is 2.38 bits per heavy atom.